The SMILES string of the molecule is CC(C=O)=CC1C(C(=O)O)C1(C)C. The molecule has 0 heterocycles. The standard InChI is InChI=1S/C10H14O3/c1-6(5-11)4-7-8(9(12)13)10(7,2)3/h4-5,7-8H,1-3H3,(H,12,13). The van der Waals surface area contributed by atoms with E-state index in [-0.39, 0.29) is 17.3 Å². The van der Waals surface area contributed by atoms with Crippen LogP contribution in [-0.2, 0) is 9.59 Å². The van der Waals surface area contributed by atoms with Crippen LogP contribution in [0.25, 0.3) is 0 Å². The Labute approximate surface area is 77.4 Å². The van der Waals surface area contributed by atoms with Crippen molar-refractivity contribution in [2.75, 3.05) is 0 Å². The van der Waals surface area contributed by atoms with Gasteiger partial charge in [-0.3, -0.25) is 9.59 Å². The molecular weight excluding hydrogens is 168 g/mol. The van der Waals surface area contributed by atoms with Gasteiger partial charge in [0, 0.05) is 0 Å². The van der Waals surface area contributed by atoms with Crippen LogP contribution >= 0.6 is 0 Å². The minimum Gasteiger partial charge on any atom is -0.481 e. The molecule has 3 nitrogen and oxygen atoms in total. The average molecular weight is 182 g/mol. The van der Waals surface area contributed by atoms with E-state index in [1.54, 1.807) is 13.0 Å². The third-order valence-electron chi connectivity index (χ3n) is 2.81. The number of carbonyl (C=O) groups is 2. The Morgan fingerprint density at radius 3 is 2.31 bits per heavy atom. The van der Waals surface area contributed by atoms with Crippen molar-refractivity contribution in [2.45, 2.75) is 20.8 Å². The van der Waals surface area contributed by atoms with Crippen LogP contribution in [-0.4, -0.2) is 17.4 Å². The van der Waals surface area contributed by atoms with Crippen molar-refractivity contribution in [1.29, 1.82) is 0 Å². The molecule has 0 aromatic rings. The number of rotatable bonds is 3. The molecule has 0 aromatic carbocycles. The lowest BCUT2D eigenvalue weighted by Crippen LogP contribution is -2.03. The van der Waals surface area contributed by atoms with Crippen LogP contribution in [0.3, 0.4) is 0 Å². The van der Waals surface area contributed by atoms with Crippen molar-refractivity contribution in [3.8, 4) is 0 Å². The van der Waals surface area contributed by atoms with Crippen molar-refractivity contribution >= 4 is 12.3 Å². The van der Waals surface area contributed by atoms with Crippen LogP contribution in [0.5, 0.6) is 0 Å². The zero-order valence-corrected chi connectivity index (χ0v) is 8.07. The number of allylic oxidation sites excluding steroid dienone is 2. The van der Waals surface area contributed by atoms with Gasteiger partial charge in [-0.15, -0.1) is 0 Å². The molecule has 72 valence electrons. The highest BCUT2D eigenvalue weighted by Crippen LogP contribution is 2.59. The van der Waals surface area contributed by atoms with Gasteiger partial charge in [0.15, 0.2) is 0 Å². The Bertz CT molecular complexity index is 276. The third kappa shape index (κ3) is 1.64. The summed E-state index contributed by atoms with van der Waals surface area (Å²) < 4.78 is 0. The van der Waals surface area contributed by atoms with Crippen LogP contribution in [0, 0.1) is 17.3 Å². The molecule has 0 aromatic heterocycles. The van der Waals surface area contributed by atoms with Gasteiger partial charge in [0.05, 0.1) is 5.92 Å². The molecule has 1 N–H and O–H groups in total. The van der Waals surface area contributed by atoms with Crippen molar-refractivity contribution in [3.05, 3.63) is 11.6 Å². The average Bonchev–Trinajstić information content (AvgIpc) is 2.53. The lowest BCUT2D eigenvalue weighted by atomic mass is 10.1. The quantitative estimate of drug-likeness (QED) is 0.531. The van der Waals surface area contributed by atoms with E-state index in [1.807, 2.05) is 13.8 Å². The van der Waals surface area contributed by atoms with Gasteiger partial charge < -0.3 is 5.11 Å². The molecule has 3 heteroatoms. The number of aldehydes is 1. The maximum absolute atomic E-state index is 10.7. The van der Waals surface area contributed by atoms with Gasteiger partial charge in [0.25, 0.3) is 0 Å². The van der Waals surface area contributed by atoms with E-state index < -0.39 is 5.97 Å². The highest BCUT2D eigenvalue weighted by molar-refractivity contribution is 5.78. The summed E-state index contributed by atoms with van der Waals surface area (Å²) in [5.41, 5.74) is 0.414. The molecule has 13 heavy (non-hydrogen) atoms. The molecule has 0 saturated heterocycles. The second-order valence-electron chi connectivity index (χ2n) is 4.19. The number of carboxylic acids is 1. The molecule has 2 atom stereocenters. The summed E-state index contributed by atoms with van der Waals surface area (Å²) >= 11 is 0. The van der Waals surface area contributed by atoms with Crippen molar-refractivity contribution in [3.63, 3.8) is 0 Å². The molecular formula is C10H14O3. The molecule has 0 amide bonds. The third-order valence-corrected chi connectivity index (χ3v) is 2.81. The van der Waals surface area contributed by atoms with Crippen LogP contribution < -0.4 is 0 Å². The molecule has 1 saturated carbocycles. The Morgan fingerprint density at radius 1 is 1.46 bits per heavy atom. The normalized spacial score (nSPS) is 31.2. The Kier molecular flexibility index (Phi) is 2.28. The first-order valence-corrected chi connectivity index (χ1v) is 4.27. The van der Waals surface area contributed by atoms with Crippen molar-refractivity contribution in [1.82, 2.24) is 0 Å². The summed E-state index contributed by atoms with van der Waals surface area (Å²) in [5, 5.41) is 8.83. The number of hydrogen-bond acceptors (Lipinski definition) is 2. The monoisotopic (exact) mass is 182 g/mol. The Balaban J connectivity index is 2.77. The molecule has 1 aliphatic rings. The first-order valence-electron chi connectivity index (χ1n) is 4.27. The molecule has 1 rings (SSSR count). The van der Waals surface area contributed by atoms with Gasteiger partial charge >= 0.3 is 5.97 Å². The van der Waals surface area contributed by atoms with Crippen molar-refractivity contribution < 1.29 is 14.7 Å². The summed E-state index contributed by atoms with van der Waals surface area (Å²) in [5.74, 6) is -1.09. The molecule has 2 unspecified atom stereocenters. The first kappa shape index (κ1) is 9.96. The topological polar surface area (TPSA) is 54.4 Å². The summed E-state index contributed by atoms with van der Waals surface area (Å²) in [6.07, 6.45) is 2.51. The van der Waals surface area contributed by atoms with Gasteiger partial charge in [-0.05, 0) is 23.8 Å². The van der Waals surface area contributed by atoms with E-state index in [0.717, 1.165) is 6.29 Å². The summed E-state index contributed by atoms with van der Waals surface area (Å²) in [7, 11) is 0. The molecule has 0 aliphatic heterocycles. The van der Waals surface area contributed by atoms with E-state index in [0.29, 0.717) is 5.57 Å². The van der Waals surface area contributed by atoms with Gasteiger partial charge in [0.2, 0.25) is 0 Å². The summed E-state index contributed by atoms with van der Waals surface area (Å²) in [6, 6.07) is 0. The van der Waals surface area contributed by atoms with Crippen LogP contribution in [0.1, 0.15) is 20.8 Å². The minimum absolute atomic E-state index is 0.00944. The van der Waals surface area contributed by atoms with Crippen molar-refractivity contribution in [2.24, 2.45) is 17.3 Å². The zero-order valence-electron chi connectivity index (χ0n) is 8.07. The van der Waals surface area contributed by atoms with E-state index >= 15 is 0 Å². The fourth-order valence-electron chi connectivity index (χ4n) is 1.78. The van der Waals surface area contributed by atoms with Gasteiger partial charge in [-0.25, -0.2) is 0 Å². The second-order valence-corrected chi connectivity index (χ2v) is 4.19. The Hall–Kier alpha value is -1.12. The maximum Gasteiger partial charge on any atom is 0.307 e. The maximum atomic E-state index is 10.7. The predicted octanol–water partition coefficient (Wildman–Crippen LogP) is 1.49. The number of hydrogen-bond donors (Lipinski definition) is 1. The highest BCUT2D eigenvalue weighted by Gasteiger charge is 2.60. The highest BCUT2D eigenvalue weighted by atomic mass is 16.4. The molecule has 0 spiro atoms. The molecule has 0 bridgehead atoms. The fraction of sp³-hybridized carbons (Fsp3) is 0.600. The van der Waals surface area contributed by atoms with E-state index in [2.05, 4.69) is 0 Å². The van der Waals surface area contributed by atoms with E-state index in [4.69, 9.17) is 5.11 Å². The molecule has 0 radical (unpaired) electrons. The lowest BCUT2D eigenvalue weighted by Gasteiger charge is -1.96. The van der Waals surface area contributed by atoms with Crippen LogP contribution in [0.2, 0.25) is 0 Å². The number of aliphatic carboxylic acids is 1. The van der Waals surface area contributed by atoms with Gasteiger partial charge in [0.1, 0.15) is 6.29 Å². The second kappa shape index (κ2) is 2.98. The van der Waals surface area contributed by atoms with Gasteiger partial charge in [-0.1, -0.05) is 19.9 Å². The summed E-state index contributed by atoms with van der Waals surface area (Å²) in [4.78, 5) is 21.1. The number of carboxylic acid groups (broad SMARTS) is 1. The van der Waals surface area contributed by atoms with Crippen LogP contribution in [0.15, 0.2) is 11.6 Å². The minimum atomic E-state index is -0.773. The largest absolute Gasteiger partial charge is 0.481 e. The number of carbonyl (C=O) groups excluding carboxylic acids is 1. The fourth-order valence-corrected chi connectivity index (χ4v) is 1.78. The van der Waals surface area contributed by atoms with E-state index in [9.17, 15) is 9.59 Å². The smallest absolute Gasteiger partial charge is 0.307 e. The summed E-state index contributed by atoms with van der Waals surface area (Å²) in [6.45, 7) is 5.51. The molecule has 1 fully saturated rings. The van der Waals surface area contributed by atoms with E-state index in [1.165, 1.54) is 0 Å². The zero-order chi connectivity index (χ0) is 10.2. The predicted molar refractivity (Wildman–Crippen MR) is 48.2 cm³/mol. The van der Waals surface area contributed by atoms with Crippen LogP contribution in [0.4, 0.5) is 0 Å². The van der Waals surface area contributed by atoms with Gasteiger partial charge in [-0.2, -0.15) is 0 Å². The molecule has 1 aliphatic carbocycles. The lowest BCUT2D eigenvalue weighted by molar-refractivity contribution is -0.139. The Morgan fingerprint density at radius 2 is 2.00 bits per heavy atom. The first-order chi connectivity index (χ1) is 5.91.